The molecule has 1 aliphatic heterocycles. The predicted molar refractivity (Wildman–Crippen MR) is 100 cm³/mol. The lowest BCUT2D eigenvalue weighted by Gasteiger charge is -2.28. The average Bonchev–Trinajstić information content (AvgIpc) is 2.68. The van der Waals surface area contributed by atoms with Gasteiger partial charge >= 0.3 is 0 Å². The van der Waals surface area contributed by atoms with Gasteiger partial charge in [0.25, 0.3) is 5.91 Å². The maximum atomic E-state index is 12.8. The smallest absolute Gasteiger partial charge is 0.255 e. The van der Waals surface area contributed by atoms with Gasteiger partial charge in [-0.1, -0.05) is 42.5 Å². The van der Waals surface area contributed by atoms with E-state index in [0.29, 0.717) is 18.7 Å². The SMILES string of the molecule is O=C(c1ccccc1Br)N1CCc2nc(-c3ccccc3)ncc2C1. The van der Waals surface area contributed by atoms with E-state index in [4.69, 9.17) is 4.98 Å². The molecule has 1 aromatic heterocycles. The minimum atomic E-state index is 0.0326. The third-order valence-corrected chi connectivity index (χ3v) is 5.05. The number of rotatable bonds is 2. The van der Waals surface area contributed by atoms with E-state index >= 15 is 0 Å². The Morgan fingerprint density at radius 3 is 2.60 bits per heavy atom. The third kappa shape index (κ3) is 3.20. The van der Waals surface area contributed by atoms with Gasteiger partial charge in [0.2, 0.25) is 0 Å². The van der Waals surface area contributed by atoms with Gasteiger partial charge < -0.3 is 4.90 Å². The molecule has 0 saturated carbocycles. The molecule has 0 saturated heterocycles. The first-order valence-electron chi connectivity index (χ1n) is 8.16. The van der Waals surface area contributed by atoms with E-state index in [0.717, 1.165) is 33.5 Å². The van der Waals surface area contributed by atoms with Crippen molar-refractivity contribution in [1.82, 2.24) is 14.9 Å². The zero-order valence-electron chi connectivity index (χ0n) is 13.5. The Bertz CT molecular complexity index is 927. The Hall–Kier alpha value is -2.53. The summed E-state index contributed by atoms with van der Waals surface area (Å²) in [5.41, 5.74) is 3.75. The average molecular weight is 394 g/mol. The second-order valence-electron chi connectivity index (χ2n) is 5.99. The summed E-state index contributed by atoms with van der Waals surface area (Å²) in [5, 5.41) is 0. The third-order valence-electron chi connectivity index (χ3n) is 4.36. The summed E-state index contributed by atoms with van der Waals surface area (Å²) in [7, 11) is 0. The molecule has 0 atom stereocenters. The summed E-state index contributed by atoms with van der Waals surface area (Å²) in [5.74, 6) is 0.773. The highest BCUT2D eigenvalue weighted by atomic mass is 79.9. The second-order valence-corrected chi connectivity index (χ2v) is 6.84. The minimum absolute atomic E-state index is 0.0326. The molecular weight excluding hydrogens is 378 g/mol. The van der Waals surface area contributed by atoms with Gasteiger partial charge in [0.15, 0.2) is 5.82 Å². The zero-order chi connectivity index (χ0) is 17.2. The first kappa shape index (κ1) is 16.0. The van der Waals surface area contributed by atoms with Gasteiger partial charge in [-0.3, -0.25) is 4.79 Å². The minimum Gasteiger partial charge on any atom is -0.334 e. The van der Waals surface area contributed by atoms with Crippen molar-refractivity contribution in [2.45, 2.75) is 13.0 Å². The van der Waals surface area contributed by atoms with Crippen molar-refractivity contribution >= 4 is 21.8 Å². The van der Waals surface area contributed by atoms with Crippen molar-refractivity contribution in [3.05, 3.63) is 82.1 Å². The van der Waals surface area contributed by atoms with Crippen molar-refractivity contribution in [2.75, 3.05) is 6.54 Å². The molecule has 2 heterocycles. The quantitative estimate of drug-likeness (QED) is 0.658. The van der Waals surface area contributed by atoms with Gasteiger partial charge in [-0.05, 0) is 28.1 Å². The van der Waals surface area contributed by atoms with Crippen molar-refractivity contribution in [3.63, 3.8) is 0 Å². The number of aromatic nitrogens is 2. The molecule has 5 heteroatoms. The fourth-order valence-corrected chi connectivity index (χ4v) is 3.48. The van der Waals surface area contributed by atoms with Crippen LogP contribution < -0.4 is 0 Å². The molecule has 4 nitrogen and oxygen atoms in total. The van der Waals surface area contributed by atoms with E-state index in [2.05, 4.69) is 20.9 Å². The summed E-state index contributed by atoms with van der Waals surface area (Å²) in [6.07, 6.45) is 2.60. The van der Waals surface area contributed by atoms with Crippen LogP contribution in [-0.2, 0) is 13.0 Å². The molecule has 0 unspecified atom stereocenters. The van der Waals surface area contributed by atoms with Gasteiger partial charge in [0.1, 0.15) is 0 Å². The summed E-state index contributed by atoms with van der Waals surface area (Å²) in [6, 6.07) is 17.5. The van der Waals surface area contributed by atoms with E-state index < -0.39 is 0 Å². The number of benzene rings is 2. The molecular formula is C20H16BrN3O. The molecule has 1 amide bonds. The van der Waals surface area contributed by atoms with Crippen LogP contribution in [0, 0.1) is 0 Å². The summed E-state index contributed by atoms with van der Waals surface area (Å²) in [4.78, 5) is 23.8. The van der Waals surface area contributed by atoms with Crippen LogP contribution in [0.1, 0.15) is 21.6 Å². The van der Waals surface area contributed by atoms with E-state index in [9.17, 15) is 4.79 Å². The van der Waals surface area contributed by atoms with E-state index in [1.807, 2.05) is 65.7 Å². The molecule has 0 aliphatic carbocycles. The molecule has 4 rings (SSSR count). The first-order chi connectivity index (χ1) is 12.2. The number of fused-ring (bicyclic) bond motifs is 1. The Kier molecular flexibility index (Phi) is 4.32. The van der Waals surface area contributed by atoms with Gasteiger partial charge in [0.05, 0.1) is 11.3 Å². The maximum absolute atomic E-state index is 12.8. The first-order valence-corrected chi connectivity index (χ1v) is 8.96. The topological polar surface area (TPSA) is 46.1 Å². The molecule has 0 radical (unpaired) electrons. The Morgan fingerprint density at radius 1 is 1.04 bits per heavy atom. The molecule has 1 aliphatic rings. The van der Waals surface area contributed by atoms with E-state index in [1.165, 1.54) is 0 Å². The van der Waals surface area contributed by atoms with Gasteiger partial charge in [-0.25, -0.2) is 9.97 Å². The monoisotopic (exact) mass is 393 g/mol. The van der Waals surface area contributed by atoms with Crippen molar-refractivity contribution in [2.24, 2.45) is 0 Å². The predicted octanol–water partition coefficient (Wildman–Crippen LogP) is 4.10. The Morgan fingerprint density at radius 2 is 1.80 bits per heavy atom. The molecule has 0 bridgehead atoms. The number of hydrogen-bond acceptors (Lipinski definition) is 3. The highest BCUT2D eigenvalue weighted by Gasteiger charge is 2.24. The number of carbonyl (C=O) groups is 1. The molecule has 0 N–H and O–H groups in total. The lowest BCUT2D eigenvalue weighted by Crippen LogP contribution is -2.36. The van der Waals surface area contributed by atoms with E-state index in [1.54, 1.807) is 0 Å². The molecule has 25 heavy (non-hydrogen) atoms. The van der Waals surface area contributed by atoms with Gasteiger partial charge in [-0.2, -0.15) is 0 Å². The van der Waals surface area contributed by atoms with Gasteiger partial charge in [-0.15, -0.1) is 0 Å². The van der Waals surface area contributed by atoms with Crippen molar-refractivity contribution in [3.8, 4) is 11.4 Å². The van der Waals surface area contributed by atoms with Crippen LogP contribution in [0.25, 0.3) is 11.4 Å². The highest BCUT2D eigenvalue weighted by Crippen LogP contribution is 2.24. The normalized spacial score (nSPS) is 13.4. The van der Waals surface area contributed by atoms with Crippen molar-refractivity contribution < 1.29 is 4.79 Å². The Balaban J connectivity index is 1.58. The summed E-state index contributed by atoms with van der Waals surface area (Å²) < 4.78 is 0.821. The number of carbonyl (C=O) groups excluding carboxylic acids is 1. The largest absolute Gasteiger partial charge is 0.334 e. The molecule has 0 fully saturated rings. The number of hydrogen-bond donors (Lipinski definition) is 0. The van der Waals surface area contributed by atoms with Gasteiger partial charge in [0, 0.05) is 41.3 Å². The van der Waals surface area contributed by atoms with Crippen LogP contribution in [0.5, 0.6) is 0 Å². The second kappa shape index (κ2) is 6.76. The number of nitrogens with zero attached hydrogens (tertiary/aromatic N) is 3. The van der Waals surface area contributed by atoms with Crippen LogP contribution in [-0.4, -0.2) is 27.3 Å². The maximum Gasteiger partial charge on any atom is 0.255 e. The van der Waals surface area contributed by atoms with Crippen LogP contribution in [0.2, 0.25) is 0 Å². The van der Waals surface area contributed by atoms with Crippen LogP contribution in [0.4, 0.5) is 0 Å². The lowest BCUT2D eigenvalue weighted by atomic mass is 10.1. The van der Waals surface area contributed by atoms with E-state index in [-0.39, 0.29) is 5.91 Å². The number of amides is 1. The Labute approximate surface area is 154 Å². The number of halogens is 1. The molecule has 0 spiro atoms. The standard InChI is InChI=1S/C20H16BrN3O/c21-17-9-5-4-8-16(17)20(25)24-11-10-18-15(13-24)12-22-19(23-18)14-6-2-1-3-7-14/h1-9,12H,10-11,13H2. The molecule has 124 valence electrons. The van der Waals surface area contributed by atoms with Crippen LogP contribution >= 0.6 is 15.9 Å². The van der Waals surface area contributed by atoms with Crippen molar-refractivity contribution in [1.29, 1.82) is 0 Å². The summed E-state index contributed by atoms with van der Waals surface area (Å²) >= 11 is 3.46. The zero-order valence-corrected chi connectivity index (χ0v) is 15.1. The lowest BCUT2D eigenvalue weighted by molar-refractivity contribution is 0.0732. The molecule has 3 aromatic rings. The highest BCUT2D eigenvalue weighted by molar-refractivity contribution is 9.10. The molecule has 2 aromatic carbocycles. The fraction of sp³-hybridized carbons (Fsp3) is 0.150. The van der Waals surface area contributed by atoms with Crippen LogP contribution in [0.15, 0.2) is 65.3 Å². The summed E-state index contributed by atoms with van der Waals surface area (Å²) in [6.45, 7) is 1.21. The van der Waals surface area contributed by atoms with Crippen LogP contribution in [0.3, 0.4) is 0 Å². The fourth-order valence-electron chi connectivity index (χ4n) is 3.02.